The Balaban J connectivity index is 1.62. The lowest BCUT2D eigenvalue weighted by Crippen LogP contribution is -2.50. The summed E-state index contributed by atoms with van der Waals surface area (Å²) in [7, 11) is 0. The smallest absolute Gasteiger partial charge is 0.232 e. The summed E-state index contributed by atoms with van der Waals surface area (Å²) >= 11 is 0. The van der Waals surface area contributed by atoms with Crippen molar-refractivity contribution < 1.29 is 4.79 Å². The third-order valence-corrected chi connectivity index (χ3v) is 6.82. The van der Waals surface area contributed by atoms with Gasteiger partial charge in [0.2, 0.25) is 5.91 Å². The maximum absolute atomic E-state index is 12.8. The molecule has 5 aliphatic rings. The molecule has 21 heavy (non-hydrogen) atoms. The molecular weight excluding hydrogens is 258 g/mol. The van der Waals surface area contributed by atoms with E-state index in [-0.39, 0.29) is 17.2 Å². The van der Waals surface area contributed by atoms with Crippen LogP contribution in [-0.2, 0) is 4.79 Å². The van der Waals surface area contributed by atoms with Gasteiger partial charge in [0, 0.05) is 5.69 Å². The van der Waals surface area contributed by atoms with E-state index in [0.717, 1.165) is 23.4 Å². The van der Waals surface area contributed by atoms with E-state index in [9.17, 15) is 4.79 Å². The van der Waals surface area contributed by atoms with E-state index in [1.807, 2.05) is 0 Å². The molecule has 110 valence electrons. The van der Waals surface area contributed by atoms with Crippen molar-refractivity contribution in [3.8, 4) is 0 Å². The van der Waals surface area contributed by atoms with Gasteiger partial charge in [0.1, 0.15) is 0 Å². The van der Waals surface area contributed by atoms with Crippen molar-refractivity contribution >= 4 is 11.6 Å². The number of para-hydroxylation sites is 1. The Morgan fingerprint density at radius 3 is 2.29 bits per heavy atom. The lowest BCUT2D eigenvalue weighted by atomic mass is 9.46. The minimum Gasteiger partial charge on any atom is -0.325 e. The number of amides is 1. The summed E-state index contributed by atoms with van der Waals surface area (Å²) in [5, 5.41) is 3.20. The molecule has 1 atom stereocenters. The number of aryl methyl sites for hydroxylation is 1. The minimum atomic E-state index is 0.126. The number of anilines is 1. The van der Waals surface area contributed by atoms with Crippen LogP contribution in [0.1, 0.15) is 55.6 Å². The minimum absolute atomic E-state index is 0.126. The number of nitrogens with one attached hydrogen (secondary N) is 1. The molecule has 0 aromatic heterocycles. The van der Waals surface area contributed by atoms with Crippen LogP contribution in [0.2, 0.25) is 0 Å². The summed E-state index contributed by atoms with van der Waals surface area (Å²) in [4.78, 5) is 12.8. The van der Waals surface area contributed by atoms with E-state index < -0.39 is 0 Å². The summed E-state index contributed by atoms with van der Waals surface area (Å²) in [6.07, 6.45) is 8.20. The van der Waals surface area contributed by atoms with Crippen molar-refractivity contribution in [1.29, 1.82) is 0 Å². The van der Waals surface area contributed by atoms with Gasteiger partial charge >= 0.3 is 0 Å². The van der Waals surface area contributed by atoms with E-state index >= 15 is 0 Å². The molecule has 2 nitrogen and oxygen atoms in total. The average Bonchev–Trinajstić information content (AvgIpc) is 2.75. The zero-order valence-electron chi connectivity index (χ0n) is 12.7. The molecule has 1 amide bonds. The Labute approximate surface area is 126 Å². The van der Waals surface area contributed by atoms with Crippen molar-refractivity contribution in [3.05, 3.63) is 29.3 Å². The third-order valence-electron chi connectivity index (χ3n) is 6.82. The van der Waals surface area contributed by atoms with Gasteiger partial charge in [-0.2, -0.15) is 0 Å². The fourth-order valence-electron chi connectivity index (χ4n) is 6.58. The van der Waals surface area contributed by atoms with E-state index in [2.05, 4.69) is 30.4 Å². The lowest BCUT2D eigenvalue weighted by molar-refractivity contribution is -0.127. The number of benzene rings is 1. The van der Waals surface area contributed by atoms with Gasteiger partial charge in [-0.15, -0.1) is 0 Å². The number of hydrogen-bond donors (Lipinski definition) is 1. The second-order valence-corrected chi connectivity index (χ2v) is 8.24. The second-order valence-electron chi connectivity index (χ2n) is 8.24. The Hall–Kier alpha value is -1.31. The lowest BCUT2D eigenvalue weighted by Gasteiger charge is -2.58. The van der Waals surface area contributed by atoms with Crippen LogP contribution in [0.15, 0.2) is 18.2 Å². The first kappa shape index (κ1) is 12.3. The van der Waals surface area contributed by atoms with Crippen molar-refractivity contribution in [2.45, 2.75) is 51.4 Å². The molecule has 6 rings (SSSR count). The molecule has 4 saturated carbocycles. The first-order chi connectivity index (χ1) is 10.1. The van der Waals surface area contributed by atoms with Crippen molar-refractivity contribution in [3.63, 3.8) is 0 Å². The highest BCUT2D eigenvalue weighted by molar-refractivity contribution is 6.04. The molecule has 2 heteroatoms. The molecule has 1 aromatic carbocycles. The van der Waals surface area contributed by atoms with E-state index in [1.54, 1.807) is 0 Å². The summed E-state index contributed by atoms with van der Waals surface area (Å²) in [6, 6.07) is 6.44. The van der Waals surface area contributed by atoms with Gasteiger partial charge < -0.3 is 5.32 Å². The number of rotatable bonds is 1. The molecule has 1 unspecified atom stereocenters. The number of hydrogen-bond acceptors (Lipinski definition) is 1. The van der Waals surface area contributed by atoms with Crippen LogP contribution < -0.4 is 5.32 Å². The molecule has 4 fully saturated rings. The Morgan fingerprint density at radius 2 is 1.67 bits per heavy atom. The van der Waals surface area contributed by atoms with Gasteiger partial charge in [-0.1, -0.05) is 18.2 Å². The van der Waals surface area contributed by atoms with Crippen LogP contribution in [0, 0.1) is 30.1 Å². The van der Waals surface area contributed by atoms with Crippen LogP contribution in [0.25, 0.3) is 0 Å². The third kappa shape index (κ3) is 1.56. The van der Waals surface area contributed by atoms with Gasteiger partial charge in [0.25, 0.3) is 0 Å². The molecule has 1 aromatic rings. The average molecular weight is 281 g/mol. The number of fused-ring (bicyclic) bond motifs is 1. The maximum atomic E-state index is 12.8. The molecule has 1 N–H and O–H groups in total. The number of carbonyl (C=O) groups excluding carboxylic acids is 1. The van der Waals surface area contributed by atoms with E-state index in [0.29, 0.717) is 0 Å². The summed E-state index contributed by atoms with van der Waals surface area (Å²) in [5.74, 6) is 3.11. The Kier molecular flexibility index (Phi) is 2.28. The maximum Gasteiger partial charge on any atom is 0.232 e. The topological polar surface area (TPSA) is 29.1 Å². The highest BCUT2D eigenvalue weighted by atomic mass is 16.2. The molecule has 4 bridgehead atoms. The summed E-state index contributed by atoms with van der Waals surface area (Å²) in [6.45, 7) is 2.11. The number of carbonyl (C=O) groups is 1. The molecule has 1 aliphatic heterocycles. The predicted molar refractivity (Wildman–Crippen MR) is 83.2 cm³/mol. The standard InChI is InChI=1S/C19H23NO/c1-11-3-2-4-15-16(18(21)20-17(11)15)19-8-12-5-13(9-19)7-14(6-12)10-19/h2-4,12-14,16H,5-10H2,1H3,(H,20,21). The fraction of sp³-hybridized carbons (Fsp3) is 0.632. The van der Waals surface area contributed by atoms with Crippen LogP contribution in [-0.4, -0.2) is 5.91 Å². The summed E-state index contributed by atoms with van der Waals surface area (Å²) in [5.41, 5.74) is 3.90. The zero-order chi connectivity index (χ0) is 14.2. The van der Waals surface area contributed by atoms with Crippen LogP contribution in [0.4, 0.5) is 5.69 Å². The first-order valence-corrected chi connectivity index (χ1v) is 8.55. The Bertz CT molecular complexity index is 597. The molecular formula is C19H23NO. The predicted octanol–water partition coefficient (Wildman–Crippen LogP) is 4.25. The van der Waals surface area contributed by atoms with E-state index in [4.69, 9.17) is 0 Å². The van der Waals surface area contributed by atoms with Gasteiger partial charge in [-0.05, 0) is 79.7 Å². The monoisotopic (exact) mass is 281 g/mol. The van der Waals surface area contributed by atoms with Crippen LogP contribution in [0.5, 0.6) is 0 Å². The molecule has 0 radical (unpaired) electrons. The second kappa shape index (κ2) is 3.91. The SMILES string of the molecule is Cc1cccc2c1NC(=O)C2C12CC3CC(CC(C3)C1)C2. The highest BCUT2D eigenvalue weighted by Gasteiger charge is 2.57. The molecule has 0 spiro atoms. The van der Waals surface area contributed by atoms with Gasteiger partial charge in [0.05, 0.1) is 5.92 Å². The van der Waals surface area contributed by atoms with Crippen molar-refractivity contribution in [1.82, 2.24) is 0 Å². The fourth-order valence-corrected chi connectivity index (χ4v) is 6.58. The molecule has 0 saturated heterocycles. The van der Waals surface area contributed by atoms with Gasteiger partial charge in [-0.3, -0.25) is 4.79 Å². The van der Waals surface area contributed by atoms with Crippen molar-refractivity contribution in [2.24, 2.45) is 23.2 Å². The summed E-state index contributed by atoms with van der Waals surface area (Å²) < 4.78 is 0. The van der Waals surface area contributed by atoms with Crippen molar-refractivity contribution in [2.75, 3.05) is 5.32 Å². The van der Waals surface area contributed by atoms with Gasteiger partial charge in [0.15, 0.2) is 0 Å². The quantitative estimate of drug-likeness (QED) is 0.819. The first-order valence-electron chi connectivity index (χ1n) is 8.55. The van der Waals surface area contributed by atoms with Crippen LogP contribution in [0.3, 0.4) is 0 Å². The molecule has 4 aliphatic carbocycles. The normalized spacial score (nSPS) is 43.0. The van der Waals surface area contributed by atoms with Gasteiger partial charge in [-0.25, -0.2) is 0 Å². The van der Waals surface area contributed by atoms with Crippen LogP contribution >= 0.6 is 0 Å². The Morgan fingerprint density at radius 1 is 1.05 bits per heavy atom. The molecule has 1 heterocycles. The zero-order valence-corrected chi connectivity index (χ0v) is 12.7. The largest absolute Gasteiger partial charge is 0.325 e. The highest BCUT2D eigenvalue weighted by Crippen LogP contribution is 2.66. The van der Waals surface area contributed by atoms with E-state index in [1.165, 1.54) is 49.7 Å².